The van der Waals surface area contributed by atoms with Crippen molar-refractivity contribution in [1.29, 1.82) is 0 Å². The monoisotopic (exact) mass is 332 g/mol. The van der Waals surface area contributed by atoms with E-state index in [-0.39, 0.29) is 13.2 Å². The lowest BCUT2D eigenvalue weighted by molar-refractivity contribution is 0.280. The Morgan fingerprint density at radius 3 is 2.60 bits per heavy atom. The number of aromatic nitrogens is 2. The second-order valence-electron chi connectivity index (χ2n) is 5.57. The van der Waals surface area contributed by atoms with Crippen molar-refractivity contribution in [3.8, 4) is 40.6 Å². The Bertz CT molecular complexity index is 863. The van der Waals surface area contributed by atoms with E-state index in [1.165, 1.54) is 0 Å². The molecule has 4 nitrogen and oxygen atoms in total. The summed E-state index contributed by atoms with van der Waals surface area (Å²) in [6.45, 7) is 1.02. The Labute approximate surface area is 147 Å². The molecule has 1 heterocycles. The molecule has 3 rings (SSSR count). The third kappa shape index (κ3) is 3.73. The minimum Gasteiger partial charge on any atom is -0.480 e. The van der Waals surface area contributed by atoms with Gasteiger partial charge in [0.15, 0.2) is 0 Å². The maximum atomic E-state index is 9.20. The minimum atomic E-state index is 0.132. The van der Waals surface area contributed by atoms with Crippen LogP contribution in [-0.2, 0) is 6.54 Å². The van der Waals surface area contributed by atoms with Crippen molar-refractivity contribution >= 4 is 0 Å². The molecule has 25 heavy (non-hydrogen) atoms. The molecular weight excluding hydrogens is 312 g/mol. The molecule has 0 amide bonds. The van der Waals surface area contributed by atoms with Crippen LogP contribution in [0.25, 0.3) is 22.5 Å². The zero-order valence-electron chi connectivity index (χ0n) is 13.9. The third-order valence-corrected chi connectivity index (χ3v) is 3.90. The van der Waals surface area contributed by atoms with Crippen LogP contribution in [0.5, 0.6) is 5.75 Å². The van der Waals surface area contributed by atoms with Crippen LogP contribution in [0.4, 0.5) is 0 Å². The van der Waals surface area contributed by atoms with Crippen molar-refractivity contribution in [1.82, 2.24) is 9.55 Å². The smallest absolute Gasteiger partial charge is 0.148 e. The average Bonchev–Trinajstić information content (AvgIpc) is 3.09. The number of rotatable bonds is 7. The number of hydrogen-bond acceptors (Lipinski definition) is 3. The quantitative estimate of drug-likeness (QED) is 0.672. The first-order valence-electron chi connectivity index (χ1n) is 8.22. The van der Waals surface area contributed by atoms with Gasteiger partial charge < -0.3 is 14.4 Å². The van der Waals surface area contributed by atoms with Gasteiger partial charge in [0, 0.05) is 24.3 Å². The Morgan fingerprint density at radius 1 is 1.08 bits per heavy atom. The minimum absolute atomic E-state index is 0.132. The first-order valence-corrected chi connectivity index (χ1v) is 8.22. The molecule has 0 spiro atoms. The Balaban J connectivity index is 2.13. The Kier molecular flexibility index (Phi) is 5.50. The third-order valence-electron chi connectivity index (χ3n) is 3.90. The van der Waals surface area contributed by atoms with Crippen LogP contribution in [0.15, 0.2) is 60.9 Å². The summed E-state index contributed by atoms with van der Waals surface area (Å²) >= 11 is 0. The number of aliphatic hydroxyl groups is 1. The molecule has 0 saturated carbocycles. The van der Waals surface area contributed by atoms with Crippen LogP contribution in [0.3, 0.4) is 0 Å². The lowest BCUT2D eigenvalue weighted by Gasteiger charge is -2.14. The van der Waals surface area contributed by atoms with Crippen molar-refractivity contribution in [2.24, 2.45) is 0 Å². The first-order chi connectivity index (χ1) is 12.3. The summed E-state index contributed by atoms with van der Waals surface area (Å²) in [4.78, 5) is 4.62. The zero-order valence-corrected chi connectivity index (χ0v) is 13.9. The van der Waals surface area contributed by atoms with Crippen LogP contribution in [0.2, 0.25) is 0 Å². The molecule has 0 fully saturated rings. The molecular formula is C21H20N2O2. The number of benzene rings is 2. The van der Waals surface area contributed by atoms with E-state index < -0.39 is 0 Å². The van der Waals surface area contributed by atoms with E-state index in [9.17, 15) is 5.11 Å². The maximum absolute atomic E-state index is 9.20. The highest BCUT2D eigenvalue weighted by molar-refractivity contribution is 5.81. The molecule has 2 aromatic carbocycles. The van der Waals surface area contributed by atoms with E-state index in [0.717, 1.165) is 28.3 Å². The van der Waals surface area contributed by atoms with Crippen molar-refractivity contribution in [3.05, 3.63) is 60.9 Å². The van der Waals surface area contributed by atoms with Gasteiger partial charge in [-0.2, -0.15) is 0 Å². The van der Waals surface area contributed by atoms with Crippen LogP contribution in [-0.4, -0.2) is 27.9 Å². The average molecular weight is 332 g/mol. The summed E-state index contributed by atoms with van der Waals surface area (Å²) in [5, 5.41) is 9.20. The van der Waals surface area contributed by atoms with E-state index in [1.54, 1.807) is 0 Å². The van der Waals surface area contributed by atoms with Gasteiger partial charge in [0.05, 0.1) is 17.7 Å². The highest BCUT2D eigenvalue weighted by atomic mass is 16.5. The molecule has 0 saturated heterocycles. The molecule has 4 heteroatoms. The van der Waals surface area contributed by atoms with Gasteiger partial charge in [0.1, 0.15) is 12.4 Å². The standard InChI is InChI=1S/C21H20N2O2/c1-2-15-25-19-12-7-6-11-18(19)21-20(17-9-4-3-5-10-17)22-16-23(21)13-8-14-24/h1,3-7,9-12,16,24H,8,13-15H2. The summed E-state index contributed by atoms with van der Waals surface area (Å²) in [6, 6.07) is 17.8. The second kappa shape index (κ2) is 8.18. The summed E-state index contributed by atoms with van der Waals surface area (Å²) in [6.07, 6.45) is 7.81. The van der Waals surface area contributed by atoms with Crippen molar-refractivity contribution in [2.75, 3.05) is 13.2 Å². The van der Waals surface area contributed by atoms with Crippen LogP contribution >= 0.6 is 0 Å². The fourth-order valence-corrected chi connectivity index (χ4v) is 2.79. The lowest BCUT2D eigenvalue weighted by atomic mass is 10.0. The summed E-state index contributed by atoms with van der Waals surface area (Å²) in [7, 11) is 0. The number of aryl methyl sites for hydroxylation is 1. The van der Waals surface area contributed by atoms with Crippen LogP contribution in [0, 0.1) is 12.3 Å². The Morgan fingerprint density at radius 2 is 1.84 bits per heavy atom. The number of aliphatic hydroxyl groups excluding tert-OH is 1. The van der Waals surface area contributed by atoms with Gasteiger partial charge in [-0.05, 0) is 18.6 Å². The predicted molar refractivity (Wildman–Crippen MR) is 99.1 cm³/mol. The zero-order chi connectivity index (χ0) is 17.5. The second-order valence-corrected chi connectivity index (χ2v) is 5.57. The van der Waals surface area contributed by atoms with Gasteiger partial charge in [0.25, 0.3) is 0 Å². The highest BCUT2D eigenvalue weighted by Crippen LogP contribution is 2.36. The van der Waals surface area contributed by atoms with Gasteiger partial charge >= 0.3 is 0 Å². The van der Waals surface area contributed by atoms with Crippen molar-refractivity contribution in [3.63, 3.8) is 0 Å². The molecule has 3 aromatic rings. The van der Waals surface area contributed by atoms with E-state index in [1.807, 2.05) is 60.9 Å². The summed E-state index contributed by atoms with van der Waals surface area (Å²) in [5.74, 6) is 3.23. The van der Waals surface area contributed by atoms with Crippen molar-refractivity contribution in [2.45, 2.75) is 13.0 Å². The topological polar surface area (TPSA) is 47.3 Å². The number of terminal acetylenes is 1. The molecule has 0 aliphatic rings. The normalized spacial score (nSPS) is 10.4. The number of ether oxygens (including phenoxy) is 1. The van der Waals surface area contributed by atoms with Gasteiger partial charge in [0.2, 0.25) is 0 Å². The number of nitrogens with zero attached hydrogens (tertiary/aromatic N) is 2. The molecule has 0 unspecified atom stereocenters. The molecule has 0 atom stereocenters. The van der Waals surface area contributed by atoms with E-state index in [2.05, 4.69) is 15.5 Å². The predicted octanol–water partition coefficient (Wildman–Crippen LogP) is 3.61. The fourth-order valence-electron chi connectivity index (χ4n) is 2.79. The van der Waals surface area contributed by atoms with Gasteiger partial charge in [-0.3, -0.25) is 0 Å². The summed E-state index contributed by atoms with van der Waals surface area (Å²) in [5.41, 5.74) is 3.82. The van der Waals surface area contributed by atoms with Crippen LogP contribution in [0.1, 0.15) is 6.42 Å². The molecule has 1 aromatic heterocycles. The largest absolute Gasteiger partial charge is 0.480 e. The number of imidazole rings is 1. The fraction of sp³-hybridized carbons (Fsp3) is 0.190. The van der Waals surface area contributed by atoms with E-state index in [4.69, 9.17) is 11.2 Å². The van der Waals surface area contributed by atoms with Crippen molar-refractivity contribution < 1.29 is 9.84 Å². The molecule has 0 bridgehead atoms. The molecule has 0 aliphatic carbocycles. The van der Waals surface area contributed by atoms with Gasteiger partial charge in [-0.15, -0.1) is 6.42 Å². The number of para-hydroxylation sites is 1. The Hall–Kier alpha value is -3.03. The van der Waals surface area contributed by atoms with Gasteiger partial charge in [-0.25, -0.2) is 4.98 Å². The molecule has 0 radical (unpaired) electrons. The van der Waals surface area contributed by atoms with Crippen LogP contribution < -0.4 is 4.74 Å². The number of hydrogen-bond donors (Lipinski definition) is 1. The van der Waals surface area contributed by atoms with E-state index in [0.29, 0.717) is 13.0 Å². The summed E-state index contributed by atoms with van der Waals surface area (Å²) < 4.78 is 7.79. The SMILES string of the molecule is C#CCOc1ccccc1-c1c(-c2ccccc2)ncn1CCCO. The molecule has 1 N–H and O–H groups in total. The van der Waals surface area contributed by atoms with Gasteiger partial charge in [-0.1, -0.05) is 48.4 Å². The first kappa shape index (κ1) is 16.8. The maximum Gasteiger partial charge on any atom is 0.148 e. The molecule has 0 aliphatic heterocycles. The highest BCUT2D eigenvalue weighted by Gasteiger charge is 2.18. The lowest BCUT2D eigenvalue weighted by Crippen LogP contribution is -2.03. The molecule has 126 valence electrons. The van der Waals surface area contributed by atoms with E-state index >= 15 is 0 Å².